The summed E-state index contributed by atoms with van der Waals surface area (Å²) >= 11 is 0. The standard InChI is InChI=1S/C10H10N2O3/c13-8-5-10(6-12-8,9(14)15)7-3-1-2-4-11-7/h1-4H,5-6H2,(H,12,13)(H,14,15). The average Bonchev–Trinajstić information content (AvgIpc) is 2.63. The van der Waals surface area contributed by atoms with E-state index in [0.29, 0.717) is 5.69 Å². The molecule has 0 spiro atoms. The fourth-order valence-electron chi connectivity index (χ4n) is 1.74. The van der Waals surface area contributed by atoms with Gasteiger partial charge in [0.05, 0.1) is 12.1 Å². The lowest BCUT2D eigenvalue weighted by molar-refractivity contribution is -0.144. The number of rotatable bonds is 2. The molecule has 1 saturated heterocycles. The van der Waals surface area contributed by atoms with Crippen LogP contribution in [0.15, 0.2) is 24.4 Å². The summed E-state index contributed by atoms with van der Waals surface area (Å²) in [6.07, 6.45) is 1.49. The van der Waals surface area contributed by atoms with E-state index in [9.17, 15) is 14.7 Å². The zero-order valence-corrected chi connectivity index (χ0v) is 7.93. The minimum Gasteiger partial charge on any atom is -0.480 e. The van der Waals surface area contributed by atoms with Gasteiger partial charge in [-0.15, -0.1) is 0 Å². The molecule has 1 atom stereocenters. The van der Waals surface area contributed by atoms with Crippen molar-refractivity contribution < 1.29 is 14.7 Å². The lowest BCUT2D eigenvalue weighted by atomic mass is 9.83. The minimum atomic E-state index is -1.20. The summed E-state index contributed by atoms with van der Waals surface area (Å²) in [7, 11) is 0. The highest BCUT2D eigenvalue weighted by Crippen LogP contribution is 2.29. The van der Waals surface area contributed by atoms with Crippen molar-refractivity contribution in [1.82, 2.24) is 10.3 Å². The van der Waals surface area contributed by atoms with Crippen molar-refractivity contribution in [2.24, 2.45) is 0 Å². The molecule has 0 radical (unpaired) electrons. The summed E-state index contributed by atoms with van der Waals surface area (Å²) in [4.78, 5) is 26.4. The topological polar surface area (TPSA) is 79.3 Å². The van der Waals surface area contributed by atoms with Gasteiger partial charge in [0.15, 0.2) is 0 Å². The third-order valence-electron chi connectivity index (χ3n) is 2.61. The maximum atomic E-state index is 11.2. The predicted octanol–water partition coefficient (Wildman–Crippen LogP) is -0.0761. The van der Waals surface area contributed by atoms with E-state index in [1.807, 2.05) is 0 Å². The van der Waals surface area contributed by atoms with Crippen LogP contribution in [-0.4, -0.2) is 28.5 Å². The molecule has 0 aromatic carbocycles. The second-order valence-electron chi connectivity index (χ2n) is 3.56. The van der Waals surface area contributed by atoms with Crippen LogP contribution in [0.4, 0.5) is 0 Å². The number of carboxylic acids is 1. The molecule has 0 aliphatic carbocycles. The second-order valence-corrected chi connectivity index (χ2v) is 3.56. The number of pyridine rings is 1. The Kier molecular flexibility index (Phi) is 2.15. The number of aromatic nitrogens is 1. The molecular formula is C10H10N2O3. The lowest BCUT2D eigenvalue weighted by Gasteiger charge is -2.20. The van der Waals surface area contributed by atoms with Crippen molar-refractivity contribution in [3.05, 3.63) is 30.1 Å². The van der Waals surface area contributed by atoms with Gasteiger partial charge in [-0.25, -0.2) is 0 Å². The zero-order valence-electron chi connectivity index (χ0n) is 7.93. The molecule has 0 bridgehead atoms. The molecule has 15 heavy (non-hydrogen) atoms. The Morgan fingerprint density at radius 3 is 2.80 bits per heavy atom. The first-order valence-corrected chi connectivity index (χ1v) is 4.57. The fourth-order valence-corrected chi connectivity index (χ4v) is 1.74. The van der Waals surface area contributed by atoms with Gasteiger partial charge < -0.3 is 10.4 Å². The average molecular weight is 206 g/mol. The Bertz CT molecular complexity index is 404. The van der Waals surface area contributed by atoms with Crippen LogP contribution in [0.5, 0.6) is 0 Å². The molecule has 1 unspecified atom stereocenters. The summed E-state index contributed by atoms with van der Waals surface area (Å²) < 4.78 is 0. The van der Waals surface area contributed by atoms with Gasteiger partial charge in [0, 0.05) is 12.7 Å². The molecule has 78 valence electrons. The van der Waals surface area contributed by atoms with Gasteiger partial charge in [-0.05, 0) is 12.1 Å². The highest BCUT2D eigenvalue weighted by atomic mass is 16.4. The smallest absolute Gasteiger partial charge is 0.318 e. The molecule has 1 aromatic rings. The quantitative estimate of drug-likeness (QED) is 0.709. The molecule has 1 fully saturated rings. The number of nitrogens with zero attached hydrogens (tertiary/aromatic N) is 1. The van der Waals surface area contributed by atoms with E-state index in [4.69, 9.17) is 0 Å². The molecule has 1 aromatic heterocycles. The number of amides is 1. The molecular weight excluding hydrogens is 196 g/mol. The number of carbonyl (C=O) groups excluding carboxylic acids is 1. The summed E-state index contributed by atoms with van der Waals surface area (Å²) in [5.41, 5.74) is -0.769. The third kappa shape index (κ3) is 1.45. The van der Waals surface area contributed by atoms with Crippen molar-refractivity contribution in [2.75, 3.05) is 6.54 Å². The number of aliphatic carboxylic acids is 1. The number of hydrogen-bond acceptors (Lipinski definition) is 3. The predicted molar refractivity (Wildman–Crippen MR) is 51.2 cm³/mol. The maximum absolute atomic E-state index is 11.2. The SMILES string of the molecule is O=C1CC(C(=O)O)(c2ccccn2)CN1. The van der Waals surface area contributed by atoms with Crippen molar-refractivity contribution >= 4 is 11.9 Å². The Balaban J connectivity index is 2.45. The number of hydrogen-bond donors (Lipinski definition) is 2. The Labute approximate surface area is 86.1 Å². The van der Waals surface area contributed by atoms with Crippen molar-refractivity contribution in [3.63, 3.8) is 0 Å². The van der Waals surface area contributed by atoms with Gasteiger partial charge >= 0.3 is 5.97 Å². The van der Waals surface area contributed by atoms with Crippen LogP contribution in [-0.2, 0) is 15.0 Å². The van der Waals surface area contributed by atoms with E-state index < -0.39 is 11.4 Å². The molecule has 2 rings (SSSR count). The molecule has 5 nitrogen and oxygen atoms in total. The van der Waals surface area contributed by atoms with Crippen LogP contribution in [0.25, 0.3) is 0 Å². The van der Waals surface area contributed by atoms with E-state index in [-0.39, 0.29) is 18.9 Å². The molecule has 5 heteroatoms. The van der Waals surface area contributed by atoms with E-state index in [0.717, 1.165) is 0 Å². The summed E-state index contributed by atoms with van der Waals surface area (Å²) in [5, 5.41) is 11.7. The minimum absolute atomic E-state index is 0.0423. The second kappa shape index (κ2) is 3.34. The Hall–Kier alpha value is -1.91. The zero-order chi connectivity index (χ0) is 10.9. The van der Waals surface area contributed by atoms with E-state index in [2.05, 4.69) is 10.3 Å². The van der Waals surface area contributed by atoms with Crippen LogP contribution in [0.2, 0.25) is 0 Å². The van der Waals surface area contributed by atoms with Gasteiger partial charge in [0.2, 0.25) is 5.91 Å². The van der Waals surface area contributed by atoms with Crippen molar-refractivity contribution in [1.29, 1.82) is 0 Å². The Morgan fingerprint density at radius 1 is 1.53 bits per heavy atom. The highest BCUT2D eigenvalue weighted by molar-refractivity contribution is 5.93. The van der Waals surface area contributed by atoms with Gasteiger partial charge in [0.1, 0.15) is 5.41 Å². The van der Waals surface area contributed by atoms with Crippen LogP contribution in [0.3, 0.4) is 0 Å². The van der Waals surface area contributed by atoms with E-state index in [1.165, 1.54) is 6.20 Å². The monoisotopic (exact) mass is 206 g/mol. The molecule has 2 N–H and O–H groups in total. The number of carbonyl (C=O) groups is 2. The first-order chi connectivity index (χ1) is 7.15. The normalized spacial score (nSPS) is 24.9. The van der Waals surface area contributed by atoms with Gasteiger partial charge in [-0.2, -0.15) is 0 Å². The third-order valence-corrected chi connectivity index (χ3v) is 2.61. The number of nitrogens with one attached hydrogen (secondary N) is 1. The summed E-state index contributed by atoms with van der Waals surface area (Å²) in [6, 6.07) is 5.06. The number of carboxylic acid groups (broad SMARTS) is 1. The van der Waals surface area contributed by atoms with Crippen LogP contribution >= 0.6 is 0 Å². The first-order valence-electron chi connectivity index (χ1n) is 4.57. The molecule has 1 amide bonds. The molecule has 2 heterocycles. The lowest BCUT2D eigenvalue weighted by Crippen LogP contribution is -2.38. The van der Waals surface area contributed by atoms with Crippen LogP contribution < -0.4 is 5.32 Å². The van der Waals surface area contributed by atoms with Crippen LogP contribution in [0, 0.1) is 0 Å². The van der Waals surface area contributed by atoms with Crippen LogP contribution in [0.1, 0.15) is 12.1 Å². The maximum Gasteiger partial charge on any atom is 0.318 e. The fraction of sp³-hybridized carbons (Fsp3) is 0.300. The van der Waals surface area contributed by atoms with Gasteiger partial charge in [-0.3, -0.25) is 14.6 Å². The van der Waals surface area contributed by atoms with Gasteiger partial charge in [-0.1, -0.05) is 6.07 Å². The van der Waals surface area contributed by atoms with Crippen molar-refractivity contribution in [3.8, 4) is 0 Å². The van der Waals surface area contributed by atoms with Crippen molar-refractivity contribution in [2.45, 2.75) is 11.8 Å². The molecule has 1 aliphatic heterocycles. The first kappa shape index (κ1) is 9.64. The Morgan fingerprint density at radius 2 is 2.33 bits per heavy atom. The highest BCUT2D eigenvalue weighted by Gasteiger charge is 2.48. The summed E-state index contributed by atoms with van der Waals surface area (Å²) in [5.74, 6) is -1.26. The van der Waals surface area contributed by atoms with Gasteiger partial charge in [0.25, 0.3) is 0 Å². The largest absolute Gasteiger partial charge is 0.480 e. The van der Waals surface area contributed by atoms with E-state index in [1.54, 1.807) is 18.2 Å². The van der Waals surface area contributed by atoms with E-state index >= 15 is 0 Å². The summed E-state index contributed by atoms with van der Waals surface area (Å²) in [6.45, 7) is 0.109. The molecule has 1 aliphatic rings. The molecule has 0 saturated carbocycles.